The molecule has 33 heavy (non-hydrogen) atoms. The molecule has 1 aliphatic rings. The number of amides is 2. The van der Waals surface area contributed by atoms with Crippen LogP contribution in [0.15, 0.2) is 54.9 Å². The first-order valence-electron chi connectivity index (χ1n) is 10.6. The summed E-state index contributed by atoms with van der Waals surface area (Å²) < 4.78 is 1.88. The van der Waals surface area contributed by atoms with Crippen LogP contribution in [-0.2, 0) is 11.2 Å². The highest BCUT2D eigenvalue weighted by molar-refractivity contribution is 6.41. The highest BCUT2D eigenvalue weighted by atomic mass is 35.5. The number of hydrogen-bond donors (Lipinski definition) is 4. The molecule has 0 fully saturated rings. The van der Waals surface area contributed by atoms with Crippen LogP contribution in [0.3, 0.4) is 0 Å². The van der Waals surface area contributed by atoms with Gasteiger partial charge in [0, 0.05) is 6.07 Å². The van der Waals surface area contributed by atoms with Crippen molar-refractivity contribution in [2.24, 2.45) is 0 Å². The van der Waals surface area contributed by atoms with Gasteiger partial charge in [-0.25, -0.2) is 0 Å². The number of nitrogens with one attached hydrogen (secondary N) is 4. The van der Waals surface area contributed by atoms with Crippen LogP contribution < -0.4 is 25.5 Å². The Kier molecular flexibility index (Phi) is 7.05. The molecule has 170 valence electrons. The Bertz CT molecular complexity index is 1220. The highest BCUT2D eigenvalue weighted by Gasteiger charge is 2.31. The number of hydrogen-bond acceptors (Lipinski definition) is 3. The Hall–Kier alpha value is -3.23. The summed E-state index contributed by atoms with van der Waals surface area (Å²) in [6.45, 7) is 1.90. The second-order valence-electron chi connectivity index (χ2n) is 7.86. The number of rotatable bonds is 8. The van der Waals surface area contributed by atoms with E-state index < -0.39 is 11.9 Å². The van der Waals surface area contributed by atoms with Crippen molar-refractivity contribution in [2.75, 3.05) is 0 Å². The fourth-order valence-corrected chi connectivity index (χ4v) is 3.94. The second-order valence-corrected chi connectivity index (χ2v) is 8.65. The van der Waals surface area contributed by atoms with Gasteiger partial charge in [-0.2, -0.15) is 4.99 Å². The van der Waals surface area contributed by atoms with Crippen LogP contribution in [0.4, 0.5) is 0 Å². The molecular formula is C23H24Cl2N6O2+2. The van der Waals surface area contributed by atoms with Crippen molar-refractivity contribution in [2.45, 2.75) is 37.9 Å². The third-order valence-electron chi connectivity index (χ3n) is 5.46. The lowest BCUT2D eigenvalue weighted by Gasteiger charge is -2.21. The normalized spacial score (nSPS) is 16.2. The number of halogens is 2. The van der Waals surface area contributed by atoms with E-state index in [9.17, 15) is 9.59 Å². The molecule has 0 spiro atoms. The monoisotopic (exact) mass is 486 g/mol. The molecule has 4 N–H and O–H groups in total. The maximum Gasteiger partial charge on any atom is 0.580 e. The average Bonchev–Trinajstić information content (AvgIpc) is 3.40. The molecule has 0 saturated carbocycles. The fourth-order valence-electron chi connectivity index (χ4n) is 3.63. The van der Waals surface area contributed by atoms with Crippen LogP contribution in [0.5, 0.6) is 0 Å². The van der Waals surface area contributed by atoms with E-state index in [-0.39, 0.29) is 33.9 Å². The maximum absolute atomic E-state index is 13.2. The summed E-state index contributed by atoms with van der Waals surface area (Å²) in [7, 11) is 0. The van der Waals surface area contributed by atoms with E-state index in [1.165, 1.54) is 6.07 Å². The maximum atomic E-state index is 13.2. The van der Waals surface area contributed by atoms with Crippen LogP contribution >= 0.6 is 23.2 Å². The molecule has 2 aromatic heterocycles. The smallest absolute Gasteiger partial charge is 0.346 e. The Labute approximate surface area is 200 Å². The van der Waals surface area contributed by atoms with Gasteiger partial charge in [0.2, 0.25) is 11.9 Å². The third kappa shape index (κ3) is 5.58. The lowest BCUT2D eigenvalue weighted by molar-refractivity contribution is -0.609. The van der Waals surface area contributed by atoms with E-state index in [0.717, 1.165) is 5.56 Å². The molecule has 0 saturated heterocycles. The van der Waals surface area contributed by atoms with Gasteiger partial charge in [-0.3, -0.25) is 9.59 Å². The SMILES string of the molecule is C[C@H](NC(=O)[C@H](CCc1ccccc1)NC(=O)c1cc(Cl)c(Cl)[nH]1)C1C=[n+]2cccnc2=[NH+]1. The molecule has 8 nitrogen and oxygen atoms in total. The minimum atomic E-state index is -0.754. The number of fused-ring (bicyclic) bond motifs is 1. The number of benzene rings is 1. The van der Waals surface area contributed by atoms with Gasteiger partial charge in [-0.1, -0.05) is 53.5 Å². The van der Waals surface area contributed by atoms with Gasteiger partial charge in [0.25, 0.3) is 5.91 Å². The molecule has 0 bridgehead atoms. The molecule has 3 atom stereocenters. The molecule has 1 aromatic carbocycles. The topological polar surface area (TPSA) is 107 Å². The van der Waals surface area contributed by atoms with E-state index in [2.05, 4.69) is 25.6 Å². The van der Waals surface area contributed by atoms with Crippen molar-refractivity contribution in [1.29, 1.82) is 0 Å². The first-order chi connectivity index (χ1) is 15.9. The average molecular weight is 487 g/mol. The largest absolute Gasteiger partial charge is 0.580 e. The summed E-state index contributed by atoms with van der Waals surface area (Å²) in [5, 5.41) is 6.24. The van der Waals surface area contributed by atoms with Crippen LogP contribution in [0.25, 0.3) is 0 Å². The Balaban J connectivity index is 1.47. The molecule has 0 radical (unpaired) electrons. The van der Waals surface area contributed by atoms with E-state index >= 15 is 0 Å². The lowest BCUT2D eigenvalue weighted by Crippen LogP contribution is -2.86. The Morgan fingerprint density at radius 2 is 2.00 bits per heavy atom. The quantitative estimate of drug-likeness (QED) is 0.337. The number of aromatic amines is 1. The molecule has 1 aliphatic heterocycles. The predicted octanol–water partition coefficient (Wildman–Crippen LogP) is 0.0324. The van der Waals surface area contributed by atoms with Crippen molar-refractivity contribution in [3.8, 4) is 0 Å². The molecule has 4 rings (SSSR count). The highest BCUT2D eigenvalue weighted by Crippen LogP contribution is 2.21. The first kappa shape index (κ1) is 22.9. The van der Waals surface area contributed by atoms with Gasteiger partial charge in [-0.05, 0) is 31.4 Å². The number of aromatic nitrogens is 3. The van der Waals surface area contributed by atoms with Gasteiger partial charge in [-0.15, -0.1) is 4.24 Å². The minimum Gasteiger partial charge on any atom is -0.346 e. The zero-order valence-corrected chi connectivity index (χ0v) is 19.4. The summed E-state index contributed by atoms with van der Waals surface area (Å²) in [6.07, 6.45) is 6.59. The lowest BCUT2D eigenvalue weighted by atomic mass is 10.0. The molecule has 3 heterocycles. The van der Waals surface area contributed by atoms with Crippen LogP contribution in [0, 0.1) is 6.21 Å². The summed E-state index contributed by atoms with van der Waals surface area (Å²) in [5.41, 5.74) is 1.98. The molecule has 3 aromatic rings. The molecular weight excluding hydrogens is 463 g/mol. The van der Waals surface area contributed by atoms with E-state index in [1.54, 1.807) is 6.20 Å². The number of carbonyl (C=O) groups excluding carboxylic acids is 2. The zero-order chi connectivity index (χ0) is 23.4. The minimum absolute atomic E-state index is 0.143. The van der Waals surface area contributed by atoms with Gasteiger partial charge in [0.15, 0.2) is 12.4 Å². The number of carbonyl (C=O) groups is 2. The molecule has 1 unspecified atom stereocenters. The number of H-pyrrole nitrogens is 1. The van der Waals surface area contributed by atoms with Gasteiger partial charge in [0.05, 0.1) is 16.0 Å². The van der Waals surface area contributed by atoms with E-state index in [4.69, 9.17) is 23.2 Å². The Morgan fingerprint density at radius 3 is 2.70 bits per heavy atom. The van der Waals surface area contributed by atoms with E-state index in [1.807, 2.05) is 60.0 Å². The molecule has 2 amide bonds. The summed E-state index contributed by atoms with van der Waals surface area (Å²) in [5.74, 6) is -0.734. The predicted molar refractivity (Wildman–Crippen MR) is 122 cm³/mol. The summed E-state index contributed by atoms with van der Waals surface area (Å²) in [6, 6.07) is 11.9. The van der Waals surface area contributed by atoms with E-state index in [0.29, 0.717) is 18.5 Å². The van der Waals surface area contributed by atoms with Crippen LogP contribution in [0.1, 0.15) is 29.4 Å². The van der Waals surface area contributed by atoms with Gasteiger partial charge < -0.3 is 15.6 Å². The summed E-state index contributed by atoms with van der Waals surface area (Å²) >= 11 is 11.9. The summed E-state index contributed by atoms with van der Waals surface area (Å²) in [4.78, 5) is 36.2. The van der Waals surface area contributed by atoms with Crippen molar-refractivity contribution in [3.63, 3.8) is 0 Å². The van der Waals surface area contributed by atoms with Crippen LogP contribution in [-0.4, -0.2) is 39.9 Å². The third-order valence-corrected chi connectivity index (χ3v) is 6.15. The van der Waals surface area contributed by atoms with Crippen molar-refractivity contribution in [3.05, 3.63) is 88.1 Å². The molecule has 0 aliphatic carbocycles. The van der Waals surface area contributed by atoms with Crippen molar-refractivity contribution in [1.82, 2.24) is 20.6 Å². The molecule has 10 heteroatoms. The van der Waals surface area contributed by atoms with Crippen molar-refractivity contribution >= 4 is 35.0 Å². The fraction of sp³-hybridized carbons (Fsp3) is 0.261. The second kappa shape index (κ2) is 10.1. The standard InChI is InChI=1S/C23H22Cl2N6O2/c1-14(19-13-31-11-5-10-26-23(31)30-19)27-21(32)17(9-8-15-6-3-2-4-7-15)29-22(33)18-12-16(24)20(25)28-18/h2-7,10-14,17,19H,8-9H2,1H3,(H2-,27,28,29,32,33)/p+2/t14-,17-,19?/m0/s1. The van der Waals surface area contributed by atoms with Crippen molar-refractivity contribution < 1.29 is 18.8 Å². The zero-order valence-electron chi connectivity index (χ0n) is 17.9. The van der Waals surface area contributed by atoms with Gasteiger partial charge >= 0.3 is 5.62 Å². The Morgan fingerprint density at radius 1 is 1.21 bits per heavy atom. The van der Waals surface area contributed by atoms with Crippen LogP contribution in [0.2, 0.25) is 10.2 Å². The number of nitrogens with zero attached hydrogens (tertiary/aromatic N) is 2. The van der Waals surface area contributed by atoms with Gasteiger partial charge in [0.1, 0.15) is 23.1 Å². The number of aryl methyl sites for hydroxylation is 1. The first-order valence-corrected chi connectivity index (χ1v) is 11.3.